The second kappa shape index (κ2) is 6.56. The Kier molecular flexibility index (Phi) is 5.01. The third-order valence-corrected chi connectivity index (χ3v) is 4.48. The first kappa shape index (κ1) is 15.3. The molecule has 20 heavy (non-hydrogen) atoms. The molecule has 108 valence electrons. The van der Waals surface area contributed by atoms with Crippen LogP contribution in [0.15, 0.2) is 24.3 Å². The molecule has 1 aliphatic heterocycles. The molecule has 0 aliphatic carbocycles. The first-order chi connectivity index (χ1) is 9.52. The van der Waals surface area contributed by atoms with E-state index in [0.717, 1.165) is 15.7 Å². The van der Waals surface area contributed by atoms with Crippen LogP contribution in [0.4, 0.5) is 5.69 Å². The van der Waals surface area contributed by atoms with Gasteiger partial charge in [0.15, 0.2) is 0 Å². The first-order valence-corrected chi connectivity index (χ1v) is 7.97. The van der Waals surface area contributed by atoms with Gasteiger partial charge in [-0.05, 0) is 52.8 Å². The lowest BCUT2D eigenvalue weighted by atomic mass is 9.98. The molecule has 1 aromatic rings. The van der Waals surface area contributed by atoms with Crippen LogP contribution in [0.25, 0.3) is 0 Å². The number of hydrogen-bond donors (Lipinski definition) is 1. The Labute approximate surface area is 133 Å². The molecule has 0 spiro atoms. The van der Waals surface area contributed by atoms with Crippen LogP contribution in [0.5, 0.6) is 0 Å². The van der Waals surface area contributed by atoms with Gasteiger partial charge in [-0.3, -0.25) is 9.59 Å². The topological polar surface area (TPSA) is 49.4 Å². The Morgan fingerprint density at radius 2 is 2.00 bits per heavy atom. The minimum absolute atomic E-state index is 0.00796. The summed E-state index contributed by atoms with van der Waals surface area (Å²) in [6, 6.07) is 7.39. The second-order valence-corrected chi connectivity index (χ2v) is 6.39. The number of rotatable bonds is 3. The highest BCUT2D eigenvalue weighted by Gasteiger charge is 2.33. The van der Waals surface area contributed by atoms with Gasteiger partial charge in [0.05, 0.1) is 0 Å². The van der Waals surface area contributed by atoms with Crippen molar-refractivity contribution >= 4 is 40.1 Å². The van der Waals surface area contributed by atoms with E-state index in [9.17, 15) is 9.59 Å². The third-order valence-electron chi connectivity index (χ3n) is 3.76. The predicted molar refractivity (Wildman–Crippen MR) is 87.5 cm³/mol. The van der Waals surface area contributed by atoms with Crippen LogP contribution in [0.3, 0.4) is 0 Å². The van der Waals surface area contributed by atoms with E-state index in [-0.39, 0.29) is 17.7 Å². The smallest absolute Gasteiger partial charge is 0.249 e. The summed E-state index contributed by atoms with van der Waals surface area (Å²) in [4.78, 5) is 26.2. The van der Waals surface area contributed by atoms with Gasteiger partial charge in [-0.25, -0.2) is 0 Å². The molecule has 1 aromatic carbocycles. The first-order valence-electron chi connectivity index (χ1n) is 6.89. The van der Waals surface area contributed by atoms with E-state index < -0.39 is 6.04 Å². The van der Waals surface area contributed by atoms with Gasteiger partial charge in [-0.1, -0.05) is 20.3 Å². The fourth-order valence-corrected chi connectivity index (χ4v) is 2.66. The maximum absolute atomic E-state index is 12.7. The summed E-state index contributed by atoms with van der Waals surface area (Å²) in [5.41, 5.74) is 0.861. The summed E-state index contributed by atoms with van der Waals surface area (Å²) in [7, 11) is 0. The van der Waals surface area contributed by atoms with Crippen molar-refractivity contribution < 1.29 is 9.59 Å². The van der Waals surface area contributed by atoms with Crippen LogP contribution in [-0.2, 0) is 9.59 Å². The van der Waals surface area contributed by atoms with E-state index >= 15 is 0 Å². The lowest BCUT2D eigenvalue weighted by Crippen LogP contribution is -2.48. The van der Waals surface area contributed by atoms with Crippen molar-refractivity contribution in [2.24, 2.45) is 5.92 Å². The molecule has 0 aromatic heterocycles. The molecule has 1 heterocycles. The minimum Gasteiger partial charge on any atom is -0.344 e. The summed E-state index contributed by atoms with van der Waals surface area (Å²) in [6.07, 6.45) is 1.21. The zero-order chi connectivity index (χ0) is 14.7. The SMILES string of the molecule is CCC(C)C1NC(=O)CCN(c2ccc(I)cc2)C1=O. The number of halogens is 1. The summed E-state index contributed by atoms with van der Waals surface area (Å²) < 4.78 is 1.13. The Morgan fingerprint density at radius 3 is 2.60 bits per heavy atom. The van der Waals surface area contributed by atoms with Gasteiger partial charge in [0.2, 0.25) is 11.8 Å². The van der Waals surface area contributed by atoms with Crippen LogP contribution >= 0.6 is 22.6 Å². The Balaban J connectivity index is 2.29. The number of nitrogens with one attached hydrogen (secondary N) is 1. The molecule has 5 heteroatoms. The van der Waals surface area contributed by atoms with Crippen LogP contribution in [0, 0.1) is 9.49 Å². The average molecular weight is 386 g/mol. The molecule has 0 saturated carbocycles. The highest BCUT2D eigenvalue weighted by atomic mass is 127. The van der Waals surface area contributed by atoms with Gasteiger partial charge in [-0.15, -0.1) is 0 Å². The number of benzene rings is 1. The van der Waals surface area contributed by atoms with Crippen molar-refractivity contribution in [3.63, 3.8) is 0 Å². The highest BCUT2D eigenvalue weighted by Crippen LogP contribution is 2.22. The minimum atomic E-state index is -0.422. The number of anilines is 1. The molecule has 2 rings (SSSR count). The zero-order valence-corrected chi connectivity index (χ0v) is 13.9. The highest BCUT2D eigenvalue weighted by molar-refractivity contribution is 14.1. The second-order valence-electron chi connectivity index (χ2n) is 5.15. The van der Waals surface area contributed by atoms with Gasteiger partial charge in [0.25, 0.3) is 0 Å². The average Bonchev–Trinajstić information content (AvgIpc) is 2.59. The Morgan fingerprint density at radius 1 is 1.35 bits per heavy atom. The molecule has 2 amide bonds. The molecule has 0 radical (unpaired) electrons. The molecular formula is C15H19IN2O2. The number of carbonyl (C=O) groups excluding carboxylic acids is 2. The maximum Gasteiger partial charge on any atom is 0.249 e. The summed E-state index contributed by atoms with van der Waals surface area (Å²) in [5.74, 6) is 0.0824. The Bertz CT molecular complexity index is 501. The van der Waals surface area contributed by atoms with E-state index in [1.54, 1.807) is 4.90 Å². The molecule has 0 bridgehead atoms. The van der Waals surface area contributed by atoms with Crippen molar-refractivity contribution in [1.29, 1.82) is 0 Å². The van der Waals surface area contributed by atoms with E-state index in [1.807, 2.05) is 38.1 Å². The van der Waals surface area contributed by atoms with Crippen molar-refractivity contribution in [3.05, 3.63) is 27.8 Å². The van der Waals surface area contributed by atoms with E-state index in [2.05, 4.69) is 27.9 Å². The van der Waals surface area contributed by atoms with Crippen molar-refractivity contribution in [2.75, 3.05) is 11.4 Å². The molecule has 1 aliphatic rings. The van der Waals surface area contributed by atoms with Crippen LogP contribution in [0.2, 0.25) is 0 Å². The number of amides is 2. The monoisotopic (exact) mass is 386 g/mol. The normalized spacial score (nSPS) is 21.4. The van der Waals surface area contributed by atoms with Gasteiger partial charge in [0, 0.05) is 22.2 Å². The van der Waals surface area contributed by atoms with Crippen molar-refractivity contribution in [2.45, 2.75) is 32.7 Å². The number of hydrogen-bond acceptors (Lipinski definition) is 2. The molecule has 1 fully saturated rings. The molecule has 2 atom stereocenters. The summed E-state index contributed by atoms with van der Waals surface area (Å²) in [5, 5.41) is 2.86. The van der Waals surface area contributed by atoms with Crippen molar-refractivity contribution in [1.82, 2.24) is 5.32 Å². The number of carbonyl (C=O) groups is 2. The largest absolute Gasteiger partial charge is 0.344 e. The Hall–Kier alpha value is -1.11. The van der Waals surface area contributed by atoms with Gasteiger partial charge in [-0.2, -0.15) is 0 Å². The summed E-state index contributed by atoms with van der Waals surface area (Å²) in [6.45, 7) is 4.47. The molecule has 1 N–H and O–H groups in total. The van der Waals surface area contributed by atoms with Crippen LogP contribution in [-0.4, -0.2) is 24.4 Å². The van der Waals surface area contributed by atoms with Crippen LogP contribution < -0.4 is 10.2 Å². The molecule has 1 saturated heterocycles. The van der Waals surface area contributed by atoms with Crippen LogP contribution in [0.1, 0.15) is 26.7 Å². The molecular weight excluding hydrogens is 367 g/mol. The quantitative estimate of drug-likeness (QED) is 0.812. The standard InChI is InChI=1S/C15H19IN2O2/c1-3-10(2)14-15(20)18(9-8-13(19)17-14)12-6-4-11(16)5-7-12/h4-7,10,14H,3,8-9H2,1-2H3,(H,17,19). The maximum atomic E-state index is 12.7. The van der Waals surface area contributed by atoms with E-state index in [4.69, 9.17) is 0 Å². The fraction of sp³-hybridized carbons (Fsp3) is 0.467. The van der Waals surface area contributed by atoms with Crippen molar-refractivity contribution in [3.8, 4) is 0 Å². The summed E-state index contributed by atoms with van der Waals surface area (Å²) >= 11 is 2.23. The number of nitrogens with zero attached hydrogens (tertiary/aromatic N) is 1. The fourth-order valence-electron chi connectivity index (χ4n) is 2.30. The van der Waals surface area contributed by atoms with E-state index in [1.165, 1.54) is 0 Å². The molecule has 2 unspecified atom stereocenters. The van der Waals surface area contributed by atoms with E-state index in [0.29, 0.717) is 13.0 Å². The lowest BCUT2D eigenvalue weighted by molar-refractivity contribution is -0.126. The predicted octanol–water partition coefficient (Wildman–Crippen LogP) is 2.56. The lowest BCUT2D eigenvalue weighted by Gasteiger charge is -2.27. The van der Waals surface area contributed by atoms with Gasteiger partial charge >= 0.3 is 0 Å². The zero-order valence-electron chi connectivity index (χ0n) is 11.7. The van der Waals surface area contributed by atoms with Gasteiger partial charge < -0.3 is 10.2 Å². The van der Waals surface area contributed by atoms with Gasteiger partial charge in [0.1, 0.15) is 6.04 Å². The third kappa shape index (κ3) is 3.31. The molecule has 4 nitrogen and oxygen atoms in total.